The van der Waals surface area contributed by atoms with Gasteiger partial charge in [0.1, 0.15) is 0 Å². The molecule has 1 aromatic rings. The van der Waals surface area contributed by atoms with Crippen LogP contribution in [-0.2, 0) is 9.53 Å². The van der Waals surface area contributed by atoms with Gasteiger partial charge in [-0.2, -0.15) is 0 Å². The number of rotatable bonds is 7. The highest BCUT2D eigenvalue weighted by Crippen LogP contribution is 2.28. The third kappa shape index (κ3) is 5.45. The Labute approximate surface area is 175 Å². The highest BCUT2D eigenvalue weighted by atomic mass is 16.6. The predicted molar refractivity (Wildman–Crippen MR) is 112 cm³/mol. The summed E-state index contributed by atoms with van der Waals surface area (Å²) in [6.45, 7) is 7.51. The summed E-state index contributed by atoms with van der Waals surface area (Å²) in [7, 11) is 0. The summed E-state index contributed by atoms with van der Waals surface area (Å²) in [5.74, 6) is -0.222. The second-order valence-electron chi connectivity index (χ2n) is 7.48. The van der Waals surface area contributed by atoms with E-state index in [1.54, 1.807) is 11.0 Å². The zero-order chi connectivity index (χ0) is 21.5. The molecule has 0 atom stereocenters. The van der Waals surface area contributed by atoms with Crippen LogP contribution in [0.5, 0.6) is 0 Å². The van der Waals surface area contributed by atoms with Crippen LogP contribution in [0.4, 0.5) is 11.4 Å². The summed E-state index contributed by atoms with van der Waals surface area (Å²) in [5.41, 5.74) is 0.956. The number of nitro groups is 1. The summed E-state index contributed by atoms with van der Waals surface area (Å²) in [6.07, 6.45) is 0.892. The van der Waals surface area contributed by atoms with Crippen molar-refractivity contribution >= 4 is 23.2 Å². The summed E-state index contributed by atoms with van der Waals surface area (Å²) >= 11 is 0. The average Bonchev–Trinajstić information content (AvgIpc) is 2.78. The van der Waals surface area contributed by atoms with E-state index in [1.165, 1.54) is 12.1 Å². The van der Waals surface area contributed by atoms with Crippen molar-refractivity contribution < 1.29 is 19.2 Å². The van der Waals surface area contributed by atoms with E-state index in [2.05, 4.69) is 5.32 Å². The Hall–Kier alpha value is -2.72. The van der Waals surface area contributed by atoms with Crippen LogP contribution in [0.1, 0.15) is 23.7 Å². The molecule has 2 heterocycles. The summed E-state index contributed by atoms with van der Waals surface area (Å²) in [4.78, 5) is 41.7. The van der Waals surface area contributed by atoms with Gasteiger partial charge in [-0.05, 0) is 12.5 Å². The number of non-ortho nitro benzene ring substituents is 1. The van der Waals surface area contributed by atoms with Crippen LogP contribution in [0.25, 0.3) is 0 Å². The number of ether oxygens (including phenoxy) is 1. The molecule has 0 radical (unpaired) electrons. The van der Waals surface area contributed by atoms with Crippen LogP contribution in [-0.4, -0.2) is 92.1 Å². The van der Waals surface area contributed by atoms with E-state index in [0.29, 0.717) is 76.8 Å². The molecule has 0 spiro atoms. The van der Waals surface area contributed by atoms with E-state index in [9.17, 15) is 19.7 Å². The predicted octanol–water partition coefficient (Wildman–Crippen LogP) is 0.715. The Balaban J connectivity index is 1.69. The first-order chi connectivity index (χ1) is 14.5. The first-order valence-electron chi connectivity index (χ1n) is 10.4. The van der Waals surface area contributed by atoms with Gasteiger partial charge in [0.2, 0.25) is 5.91 Å². The Bertz CT molecular complexity index is 773. The number of amides is 2. The molecule has 1 aromatic carbocycles. The third-order valence-corrected chi connectivity index (χ3v) is 5.37. The smallest absolute Gasteiger partial charge is 0.270 e. The number of carbonyl (C=O) groups is 2. The van der Waals surface area contributed by atoms with E-state index in [1.807, 2.05) is 16.7 Å². The SMILES string of the molecule is CCCNC(=O)CN1CCN(C(=O)c2cc([N+](=O)[O-])ccc2N2CCOCC2)CC1. The molecular weight excluding hydrogens is 390 g/mol. The van der Waals surface area contributed by atoms with Gasteiger partial charge in [-0.25, -0.2) is 0 Å². The Morgan fingerprint density at radius 3 is 2.47 bits per heavy atom. The zero-order valence-corrected chi connectivity index (χ0v) is 17.3. The fourth-order valence-corrected chi connectivity index (χ4v) is 3.69. The quantitative estimate of drug-likeness (QED) is 0.512. The molecular formula is C20H29N5O5. The minimum Gasteiger partial charge on any atom is -0.378 e. The van der Waals surface area contributed by atoms with Crippen LogP contribution >= 0.6 is 0 Å². The minimum absolute atomic E-state index is 0.00934. The number of nitro benzene ring substituents is 1. The molecule has 0 bridgehead atoms. The number of hydrogen-bond donors (Lipinski definition) is 1. The molecule has 0 unspecified atom stereocenters. The summed E-state index contributed by atoms with van der Waals surface area (Å²) in [5, 5.41) is 14.1. The van der Waals surface area contributed by atoms with Crippen LogP contribution in [0.15, 0.2) is 18.2 Å². The molecule has 2 fully saturated rings. The number of morpholine rings is 1. The first kappa shape index (κ1) is 22.0. The fraction of sp³-hybridized carbons (Fsp3) is 0.600. The van der Waals surface area contributed by atoms with Gasteiger partial charge >= 0.3 is 0 Å². The minimum atomic E-state index is -0.479. The van der Waals surface area contributed by atoms with Crippen molar-refractivity contribution in [2.75, 3.05) is 70.5 Å². The van der Waals surface area contributed by atoms with Gasteiger partial charge in [0, 0.05) is 57.9 Å². The molecule has 164 valence electrons. The van der Waals surface area contributed by atoms with Gasteiger partial charge in [0.15, 0.2) is 0 Å². The van der Waals surface area contributed by atoms with Gasteiger partial charge in [-0.15, -0.1) is 0 Å². The molecule has 30 heavy (non-hydrogen) atoms. The maximum absolute atomic E-state index is 13.3. The maximum Gasteiger partial charge on any atom is 0.270 e. The fourth-order valence-electron chi connectivity index (χ4n) is 3.69. The van der Waals surface area contributed by atoms with Crippen molar-refractivity contribution in [1.82, 2.24) is 15.1 Å². The lowest BCUT2D eigenvalue weighted by molar-refractivity contribution is -0.384. The number of nitrogens with zero attached hydrogens (tertiary/aromatic N) is 4. The van der Waals surface area contributed by atoms with E-state index in [-0.39, 0.29) is 17.5 Å². The summed E-state index contributed by atoms with van der Waals surface area (Å²) in [6, 6.07) is 4.47. The Morgan fingerprint density at radius 1 is 1.13 bits per heavy atom. The number of anilines is 1. The molecule has 2 amide bonds. The second kappa shape index (κ2) is 10.4. The topological polar surface area (TPSA) is 108 Å². The Kier molecular flexibility index (Phi) is 7.58. The first-order valence-corrected chi connectivity index (χ1v) is 10.4. The molecule has 0 aliphatic carbocycles. The van der Waals surface area contributed by atoms with Crippen molar-refractivity contribution in [3.63, 3.8) is 0 Å². The molecule has 0 saturated carbocycles. The van der Waals surface area contributed by atoms with E-state index < -0.39 is 4.92 Å². The normalized spacial score (nSPS) is 17.6. The van der Waals surface area contributed by atoms with Crippen molar-refractivity contribution in [3.05, 3.63) is 33.9 Å². The third-order valence-electron chi connectivity index (χ3n) is 5.37. The largest absolute Gasteiger partial charge is 0.378 e. The molecule has 3 rings (SSSR count). The van der Waals surface area contributed by atoms with Gasteiger partial charge in [-0.3, -0.25) is 24.6 Å². The summed E-state index contributed by atoms with van der Waals surface area (Å²) < 4.78 is 5.38. The van der Waals surface area contributed by atoms with E-state index in [4.69, 9.17) is 4.74 Å². The van der Waals surface area contributed by atoms with Gasteiger partial charge in [0.05, 0.1) is 35.9 Å². The van der Waals surface area contributed by atoms with E-state index in [0.717, 1.165) is 6.42 Å². The second-order valence-corrected chi connectivity index (χ2v) is 7.48. The number of carbonyl (C=O) groups excluding carboxylic acids is 2. The zero-order valence-electron chi connectivity index (χ0n) is 17.3. The highest BCUT2D eigenvalue weighted by Gasteiger charge is 2.28. The molecule has 0 aromatic heterocycles. The lowest BCUT2D eigenvalue weighted by Crippen LogP contribution is -2.51. The standard InChI is InChI=1S/C20H29N5O5/c1-2-5-21-19(26)15-22-6-8-24(9-7-22)20(27)17-14-16(25(28)29)3-4-18(17)23-10-12-30-13-11-23/h3-4,14H,2,5-13,15H2,1H3,(H,21,26). The van der Waals surface area contributed by atoms with Crippen LogP contribution in [0.2, 0.25) is 0 Å². The lowest BCUT2D eigenvalue weighted by atomic mass is 10.1. The van der Waals surface area contributed by atoms with Crippen molar-refractivity contribution in [2.45, 2.75) is 13.3 Å². The van der Waals surface area contributed by atoms with Crippen molar-refractivity contribution in [3.8, 4) is 0 Å². The number of benzene rings is 1. The van der Waals surface area contributed by atoms with Gasteiger partial charge in [-0.1, -0.05) is 6.92 Å². The van der Waals surface area contributed by atoms with Crippen molar-refractivity contribution in [1.29, 1.82) is 0 Å². The molecule has 2 aliphatic heterocycles. The van der Waals surface area contributed by atoms with Crippen LogP contribution in [0.3, 0.4) is 0 Å². The highest BCUT2D eigenvalue weighted by molar-refractivity contribution is 6.00. The van der Waals surface area contributed by atoms with Gasteiger partial charge in [0.25, 0.3) is 11.6 Å². The molecule has 10 heteroatoms. The molecule has 1 N–H and O–H groups in total. The molecule has 10 nitrogen and oxygen atoms in total. The lowest BCUT2D eigenvalue weighted by Gasteiger charge is -2.36. The maximum atomic E-state index is 13.3. The van der Waals surface area contributed by atoms with Crippen molar-refractivity contribution in [2.24, 2.45) is 0 Å². The monoisotopic (exact) mass is 419 g/mol. The Morgan fingerprint density at radius 2 is 1.83 bits per heavy atom. The molecule has 2 aliphatic rings. The van der Waals surface area contributed by atoms with Crippen LogP contribution in [0, 0.1) is 10.1 Å². The number of nitrogens with one attached hydrogen (secondary N) is 1. The number of hydrogen-bond acceptors (Lipinski definition) is 7. The number of piperazine rings is 1. The van der Waals surface area contributed by atoms with E-state index >= 15 is 0 Å². The average molecular weight is 419 g/mol. The molecule has 2 saturated heterocycles. The van der Waals surface area contributed by atoms with Crippen LogP contribution < -0.4 is 10.2 Å². The van der Waals surface area contributed by atoms with Gasteiger partial charge < -0.3 is 19.9 Å².